The Morgan fingerprint density at radius 2 is 2.07 bits per heavy atom. The summed E-state index contributed by atoms with van der Waals surface area (Å²) in [5, 5.41) is 1.47. The zero-order chi connectivity index (χ0) is 10.8. The highest BCUT2D eigenvalue weighted by Crippen LogP contribution is 2.25. The quantitative estimate of drug-likeness (QED) is 0.747. The van der Waals surface area contributed by atoms with Gasteiger partial charge in [-0.25, -0.2) is 9.97 Å². The number of hydrogen-bond donors (Lipinski definition) is 0. The zero-order valence-electron chi connectivity index (χ0n) is 8.94. The van der Waals surface area contributed by atoms with E-state index >= 15 is 0 Å². The van der Waals surface area contributed by atoms with E-state index in [2.05, 4.69) is 28.4 Å². The molecule has 2 aromatic heterocycles. The van der Waals surface area contributed by atoms with Crippen LogP contribution in [0.5, 0.6) is 0 Å². The van der Waals surface area contributed by atoms with Gasteiger partial charge >= 0.3 is 0 Å². The van der Waals surface area contributed by atoms with Crippen molar-refractivity contribution in [3.63, 3.8) is 0 Å². The van der Waals surface area contributed by atoms with E-state index in [0.717, 1.165) is 23.9 Å². The number of halogens is 1. The monoisotopic (exact) mass is 223 g/mol. The molecule has 2 rings (SSSR count). The highest BCUT2D eigenvalue weighted by Gasteiger charge is 2.11. The molecule has 0 unspecified atom stereocenters. The van der Waals surface area contributed by atoms with Crippen molar-refractivity contribution in [1.82, 2.24) is 14.5 Å². The first-order valence-corrected chi connectivity index (χ1v) is 5.62. The molecular weight excluding hydrogens is 210 g/mol. The Morgan fingerprint density at radius 3 is 2.73 bits per heavy atom. The second-order valence-electron chi connectivity index (χ2n) is 3.60. The average molecular weight is 224 g/mol. The molecule has 0 fully saturated rings. The Morgan fingerprint density at radius 1 is 1.33 bits per heavy atom. The van der Waals surface area contributed by atoms with Gasteiger partial charge in [-0.15, -0.1) is 0 Å². The summed E-state index contributed by atoms with van der Waals surface area (Å²) in [5.41, 5.74) is 0.934. The van der Waals surface area contributed by atoms with E-state index in [1.54, 1.807) is 0 Å². The molecule has 0 aliphatic rings. The second-order valence-corrected chi connectivity index (χ2v) is 3.95. The van der Waals surface area contributed by atoms with Crippen LogP contribution in [-0.2, 0) is 0 Å². The van der Waals surface area contributed by atoms with Gasteiger partial charge < -0.3 is 4.57 Å². The molecule has 0 radical (unpaired) electrons. The van der Waals surface area contributed by atoms with Crippen molar-refractivity contribution < 1.29 is 0 Å². The molecule has 0 saturated heterocycles. The topological polar surface area (TPSA) is 30.7 Å². The van der Waals surface area contributed by atoms with Gasteiger partial charge in [0.1, 0.15) is 17.1 Å². The number of rotatable bonds is 3. The summed E-state index contributed by atoms with van der Waals surface area (Å²) >= 11 is 6.00. The van der Waals surface area contributed by atoms with E-state index in [9.17, 15) is 0 Å². The van der Waals surface area contributed by atoms with Crippen molar-refractivity contribution in [2.45, 2.75) is 32.7 Å². The molecule has 15 heavy (non-hydrogen) atoms. The first-order chi connectivity index (χ1) is 7.27. The Kier molecular flexibility index (Phi) is 2.91. The molecule has 2 heterocycles. The van der Waals surface area contributed by atoms with E-state index in [0.29, 0.717) is 11.2 Å². The van der Waals surface area contributed by atoms with Crippen molar-refractivity contribution in [3.05, 3.63) is 23.7 Å². The molecule has 2 aromatic rings. The standard InChI is InChI=1S/C11H14ClN3/c1-3-8(4-2)15-6-5-9-10(12)13-7-14-11(9)15/h5-8H,3-4H2,1-2H3. The lowest BCUT2D eigenvalue weighted by molar-refractivity contribution is 0.483. The van der Waals surface area contributed by atoms with E-state index < -0.39 is 0 Å². The van der Waals surface area contributed by atoms with Crippen molar-refractivity contribution in [3.8, 4) is 0 Å². The highest BCUT2D eigenvalue weighted by atomic mass is 35.5. The van der Waals surface area contributed by atoms with Crippen molar-refractivity contribution >= 4 is 22.6 Å². The molecule has 0 bridgehead atoms. The van der Waals surface area contributed by atoms with Crippen LogP contribution >= 0.6 is 11.6 Å². The van der Waals surface area contributed by atoms with E-state index in [1.807, 2.05) is 12.3 Å². The molecule has 80 valence electrons. The summed E-state index contributed by atoms with van der Waals surface area (Å²) in [4.78, 5) is 8.26. The molecule has 0 atom stereocenters. The second kappa shape index (κ2) is 4.19. The molecule has 0 aliphatic heterocycles. The lowest BCUT2D eigenvalue weighted by Gasteiger charge is -2.15. The van der Waals surface area contributed by atoms with E-state index in [1.165, 1.54) is 6.33 Å². The average Bonchev–Trinajstić information content (AvgIpc) is 2.66. The Labute approximate surface area is 94.1 Å². The molecule has 3 nitrogen and oxygen atoms in total. The molecule has 0 aliphatic carbocycles. The molecule has 0 saturated carbocycles. The minimum Gasteiger partial charge on any atom is -0.329 e. The molecule has 0 N–H and O–H groups in total. The first kappa shape index (κ1) is 10.4. The van der Waals surface area contributed by atoms with Crippen LogP contribution in [0.1, 0.15) is 32.7 Å². The maximum atomic E-state index is 6.00. The van der Waals surface area contributed by atoms with Crippen LogP contribution in [0.3, 0.4) is 0 Å². The molecule has 0 amide bonds. The summed E-state index contributed by atoms with van der Waals surface area (Å²) in [7, 11) is 0. The van der Waals surface area contributed by atoms with Crippen molar-refractivity contribution in [2.75, 3.05) is 0 Å². The predicted molar refractivity (Wildman–Crippen MR) is 62.2 cm³/mol. The predicted octanol–water partition coefficient (Wildman–Crippen LogP) is 3.45. The van der Waals surface area contributed by atoms with Gasteiger partial charge in [-0.05, 0) is 18.9 Å². The molecule has 0 aromatic carbocycles. The molecule has 0 spiro atoms. The smallest absolute Gasteiger partial charge is 0.145 e. The Bertz CT molecular complexity index is 460. The van der Waals surface area contributed by atoms with Gasteiger partial charge in [-0.3, -0.25) is 0 Å². The van der Waals surface area contributed by atoms with Crippen LogP contribution in [0.4, 0.5) is 0 Å². The third-order valence-corrected chi connectivity index (χ3v) is 3.10. The maximum Gasteiger partial charge on any atom is 0.145 e. The highest BCUT2D eigenvalue weighted by molar-refractivity contribution is 6.33. The van der Waals surface area contributed by atoms with Gasteiger partial charge in [0.15, 0.2) is 0 Å². The zero-order valence-corrected chi connectivity index (χ0v) is 9.70. The number of fused-ring (bicyclic) bond motifs is 1. The van der Waals surface area contributed by atoms with Gasteiger partial charge in [-0.2, -0.15) is 0 Å². The van der Waals surface area contributed by atoms with Gasteiger partial charge in [0.2, 0.25) is 0 Å². The molecule has 4 heteroatoms. The summed E-state index contributed by atoms with van der Waals surface area (Å²) in [5.74, 6) is 0. The fourth-order valence-corrected chi connectivity index (χ4v) is 2.11. The van der Waals surface area contributed by atoms with E-state index in [4.69, 9.17) is 11.6 Å². The Balaban J connectivity index is 2.58. The summed E-state index contributed by atoms with van der Waals surface area (Å²) in [6.07, 6.45) is 5.76. The maximum absolute atomic E-state index is 6.00. The summed E-state index contributed by atoms with van der Waals surface area (Å²) < 4.78 is 2.18. The van der Waals surface area contributed by atoms with Gasteiger partial charge in [0.25, 0.3) is 0 Å². The largest absolute Gasteiger partial charge is 0.329 e. The first-order valence-electron chi connectivity index (χ1n) is 5.25. The molecular formula is C11H14ClN3. The SMILES string of the molecule is CCC(CC)n1ccc2c(Cl)ncnc21. The number of hydrogen-bond acceptors (Lipinski definition) is 2. The summed E-state index contributed by atoms with van der Waals surface area (Å²) in [6, 6.07) is 2.48. The van der Waals surface area contributed by atoms with Crippen LogP contribution in [0.25, 0.3) is 11.0 Å². The Hall–Kier alpha value is -1.09. The van der Waals surface area contributed by atoms with Crippen LogP contribution in [0.15, 0.2) is 18.6 Å². The van der Waals surface area contributed by atoms with Crippen molar-refractivity contribution in [2.24, 2.45) is 0 Å². The third-order valence-electron chi connectivity index (χ3n) is 2.80. The van der Waals surface area contributed by atoms with E-state index in [-0.39, 0.29) is 0 Å². The van der Waals surface area contributed by atoms with Gasteiger partial charge in [-0.1, -0.05) is 25.4 Å². The van der Waals surface area contributed by atoms with Crippen LogP contribution in [-0.4, -0.2) is 14.5 Å². The van der Waals surface area contributed by atoms with Crippen molar-refractivity contribution in [1.29, 1.82) is 0 Å². The van der Waals surface area contributed by atoms with Crippen LogP contribution in [0.2, 0.25) is 5.15 Å². The fraction of sp³-hybridized carbons (Fsp3) is 0.455. The van der Waals surface area contributed by atoms with Crippen LogP contribution < -0.4 is 0 Å². The normalized spacial score (nSPS) is 11.5. The minimum absolute atomic E-state index is 0.494. The third kappa shape index (κ3) is 1.72. The minimum atomic E-state index is 0.494. The van der Waals surface area contributed by atoms with Crippen LogP contribution in [0, 0.1) is 0 Å². The number of nitrogens with zero attached hydrogens (tertiary/aromatic N) is 3. The lowest BCUT2D eigenvalue weighted by Crippen LogP contribution is -2.06. The fourth-order valence-electron chi connectivity index (χ4n) is 1.92. The van der Waals surface area contributed by atoms with Gasteiger partial charge in [0.05, 0.1) is 5.39 Å². The number of aromatic nitrogens is 3. The lowest BCUT2D eigenvalue weighted by atomic mass is 10.2. The van der Waals surface area contributed by atoms with Gasteiger partial charge in [0, 0.05) is 12.2 Å². The summed E-state index contributed by atoms with van der Waals surface area (Å²) in [6.45, 7) is 4.37.